The number of ether oxygens (including phenoxy) is 2. The van der Waals surface area contributed by atoms with Crippen LogP contribution in [0.4, 0.5) is 0 Å². The molecule has 0 aliphatic carbocycles. The van der Waals surface area contributed by atoms with Crippen LogP contribution in [-0.4, -0.2) is 85.3 Å². The van der Waals surface area contributed by atoms with Gasteiger partial charge in [-0.15, -0.1) is 0 Å². The van der Waals surface area contributed by atoms with Crippen LogP contribution in [0.2, 0.25) is 0 Å². The Bertz CT molecular complexity index is 598. The fourth-order valence-corrected chi connectivity index (χ4v) is 4.44. The second-order valence-corrected chi connectivity index (χ2v) is 10.1. The van der Waals surface area contributed by atoms with Gasteiger partial charge in [0.2, 0.25) is 0 Å². The lowest BCUT2D eigenvalue weighted by atomic mass is 10.1. The van der Waals surface area contributed by atoms with Crippen molar-refractivity contribution >= 4 is 17.9 Å². The molecule has 1 heterocycles. The van der Waals surface area contributed by atoms with Gasteiger partial charge in [0.05, 0.1) is 13.0 Å². The molecule has 1 aliphatic heterocycles. The van der Waals surface area contributed by atoms with E-state index >= 15 is 0 Å². The average molecular weight is 499 g/mol. The molecule has 0 aromatic carbocycles. The number of carbonyl (C=O) groups excluding carboxylic acids is 2. The van der Waals surface area contributed by atoms with Crippen LogP contribution >= 0.6 is 0 Å². The summed E-state index contributed by atoms with van der Waals surface area (Å²) in [5.74, 6) is -1.30. The molecule has 1 N–H and O–H groups in total. The molecule has 0 aromatic rings. The predicted octanol–water partition coefficient (Wildman–Crippen LogP) is 4.64. The van der Waals surface area contributed by atoms with Gasteiger partial charge in [0.1, 0.15) is 12.1 Å². The van der Waals surface area contributed by atoms with Gasteiger partial charge in [0.15, 0.2) is 0 Å². The first kappa shape index (κ1) is 31.4. The summed E-state index contributed by atoms with van der Waals surface area (Å²) in [6.45, 7) is 4.43. The van der Waals surface area contributed by atoms with Gasteiger partial charge in [-0.2, -0.15) is 0 Å². The Labute approximate surface area is 212 Å². The number of aliphatic carboxylic acids is 1. The molecule has 0 aromatic heterocycles. The van der Waals surface area contributed by atoms with Crippen LogP contribution in [0.25, 0.3) is 0 Å². The number of hydrogen-bond donors (Lipinski definition) is 1. The van der Waals surface area contributed by atoms with Crippen LogP contribution < -0.4 is 0 Å². The Morgan fingerprint density at radius 3 is 2.11 bits per heavy atom. The molecule has 0 bridgehead atoms. The highest BCUT2D eigenvalue weighted by Crippen LogP contribution is 2.22. The largest absolute Gasteiger partial charge is 0.480 e. The zero-order chi connectivity index (χ0) is 25.9. The van der Waals surface area contributed by atoms with Gasteiger partial charge >= 0.3 is 17.9 Å². The summed E-state index contributed by atoms with van der Waals surface area (Å²) in [6, 6.07) is -0.622. The number of carboxylic acids is 1. The van der Waals surface area contributed by atoms with Crippen LogP contribution in [0.15, 0.2) is 0 Å². The normalized spacial score (nSPS) is 18.2. The van der Waals surface area contributed by atoms with E-state index in [4.69, 9.17) is 9.47 Å². The van der Waals surface area contributed by atoms with Gasteiger partial charge in [0, 0.05) is 25.9 Å². The second-order valence-electron chi connectivity index (χ2n) is 10.1. The van der Waals surface area contributed by atoms with Crippen molar-refractivity contribution < 1.29 is 29.0 Å². The third-order valence-electron chi connectivity index (χ3n) is 6.55. The first-order chi connectivity index (χ1) is 16.8. The molecule has 1 rings (SSSR count). The van der Waals surface area contributed by atoms with Crippen molar-refractivity contribution in [2.75, 3.05) is 40.3 Å². The van der Waals surface area contributed by atoms with Crippen LogP contribution in [0.1, 0.15) is 103 Å². The Morgan fingerprint density at radius 2 is 1.49 bits per heavy atom. The molecule has 1 aliphatic rings. The van der Waals surface area contributed by atoms with Crippen molar-refractivity contribution in [2.24, 2.45) is 0 Å². The first-order valence-corrected chi connectivity index (χ1v) is 13.8. The van der Waals surface area contributed by atoms with Crippen molar-refractivity contribution in [2.45, 2.75) is 115 Å². The number of carboxylic acid groups (broad SMARTS) is 1. The molecule has 1 saturated heterocycles. The molecule has 35 heavy (non-hydrogen) atoms. The van der Waals surface area contributed by atoms with Crippen LogP contribution in [-0.2, 0) is 23.9 Å². The summed E-state index contributed by atoms with van der Waals surface area (Å²) in [4.78, 5) is 39.3. The zero-order valence-electron chi connectivity index (χ0n) is 22.5. The molecule has 0 unspecified atom stereocenters. The molecule has 0 amide bonds. The summed E-state index contributed by atoms with van der Waals surface area (Å²) >= 11 is 0. The Kier molecular flexibility index (Phi) is 17.5. The monoisotopic (exact) mass is 498 g/mol. The van der Waals surface area contributed by atoms with E-state index in [-0.39, 0.29) is 18.0 Å². The SMILES string of the molecule is CCCCCCCCCCCOC(=O)CCCCCN1C[C@@H](OC(=O)CCN(C)C)C[C@H]1C(=O)O. The van der Waals surface area contributed by atoms with Gasteiger partial charge in [-0.3, -0.25) is 19.3 Å². The highest BCUT2D eigenvalue weighted by molar-refractivity contribution is 5.74. The summed E-state index contributed by atoms with van der Waals surface area (Å²) in [7, 11) is 3.78. The van der Waals surface area contributed by atoms with Gasteiger partial charge in [-0.1, -0.05) is 64.7 Å². The lowest BCUT2D eigenvalue weighted by Crippen LogP contribution is -2.36. The number of unbranched alkanes of at least 4 members (excludes halogenated alkanes) is 10. The lowest BCUT2D eigenvalue weighted by Gasteiger charge is -2.20. The van der Waals surface area contributed by atoms with E-state index in [2.05, 4.69) is 6.92 Å². The molecular weight excluding hydrogens is 448 g/mol. The smallest absolute Gasteiger partial charge is 0.321 e. The number of rotatable bonds is 21. The van der Waals surface area contributed by atoms with Crippen LogP contribution in [0.5, 0.6) is 0 Å². The maximum absolute atomic E-state index is 12.0. The maximum Gasteiger partial charge on any atom is 0.321 e. The van der Waals surface area contributed by atoms with Crippen molar-refractivity contribution in [3.8, 4) is 0 Å². The Balaban J connectivity index is 2.08. The molecule has 204 valence electrons. The van der Waals surface area contributed by atoms with E-state index in [0.717, 1.165) is 32.1 Å². The minimum absolute atomic E-state index is 0.140. The Hall–Kier alpha value is -1.67. The molecule has 0 radical (unpaired) electrons. The summed E-state index contributed by atoms with van der Waals surface area (Å²) < 4.78 is 10.8. The van der Waals surface area contributed by atoms with Crippen molar-refractivity contribution in [1.29, 1.82) is 0 Å². The molecule has 1 fully saturated rings. The van der Waals surface area contributed by atoms with Crippen molar-refractivity contribution in [3.63, 3.8) is 0 Å². The van der Waals surface area contributed by atoms with E-state index in [1.165, 1.54) is 44.9 Å². The average Bonchev–Trinajstić information content (AvgIpc) is 3.21. The second kappa shape index (κ2) is 19.5. The highest BCUT2D eigenvalue weighted by Gasteiger charge is 2.38. The topological polar surface area (TPSA) is 96.4 Å². The predicted molar refractivity (Wildman–Crippen MR) is 137 cm³/mol. The minimum atomic E-state index is -0.878. The number of nitrogens with zero attached hydrogens (tertiary/aromatic N) is 2. The van der Waals surface area contributed by atoms with E-state index < -0.39 is 12.0 Å². The molecule has 8 heteroatoms. The first-order valence-electron chi connectivity index (χ1n) is 13.8. The molecular formula is C27H50N2O6. The van der Waals surface area contributed by atoms with E-state index in [9.17, 15) is 19.5 Å². The highest BCUT2D eigenvalue weighted by atomic mass is 16.5. The fourth-order valence-electron chi connectivity index (χ4n) is 4.44. The third kappa shape index (κ3) is 15.8. The van der Waals surface area contributed by atoms with Gasteiger partial charge < -0.3 is 19.5 Å². The van der Waals surface area contributed by atoms with E-state index in [1.54, 1.807) is 0 Å². The number of likely N-dealkylation sites (tertiary alicyclic amines) is 1. The van der Waals surface area contributed by atoms with Crippen molar-refractivity contribution in [1.82, 2.24) is 9.80 Å². The molecule has 2 atom stereocenters. The number of esters is 2. The maximum atomic E-state index is 12.0. The van der Waals surface area contributed by atoms with E-state index in [1.807, 2.05) is 23.9 Å². The van der Waals surface area contributed by atoms with Gasteiger partial charge in [-0.25, -0.2) is 0 Å². The standard InChI is InChI=1S/C27H50N2O6/c1-4-5-6-7-8-9-10-11-15-20-34-25(30)16-13-12-14-18-29-22-23(21-24(29)27(32)33)35-26(31)17-19-28(2)3/h23-24H,4-22H2,1-3H3,(H,32,33)/t23-,24-/m0/s1. The zero-order valence-corrected chi connectivity index (χ0v) is 22.5. The number of carbonyl (C=O) groups is 3. The summed E-state index contributed by atoms with van der Waals surface area (Å²) in [6.07, 6.45) is 14.2. The lowest BCUT2D eigenvalue weighted by molar-refractivity contribution is -0.149. The minimum Gasteiger partial charge on any atom is -0.480 e. The molecule has 0 saturated carbocycles. The fraction of sp³-hybridized carbons (Fsp3) is 0.889. The van der Waals surface area contributed by atoms with Crippen molar-refractivity contribution in [3.05, 3.63) is 0 Å². The quantitative estimate of drug-likeness (QED) is 0.181. The van der Waals surface area contributed by atoms with Gasteiger partial charge in [0.25, 0.3) is 0 Å². The van der Waals surface area contributed by atoms with Crippen LogP contribution in [0.3, 0.4) is 0 Å². The Morgan fingerprint density at radius 1 is 0.857 bits per heavy atom. The number of hydrogen-bond acceptors (Lipinski definition) is 7. The molecule has 8 nitrogen and oxygen atoms in total. The van der Waals surface area contributed by atoms with Gasteiger partial charge in [-0.05, 0) is 39.9 Å². The summed E-state index contributed by atoms with van der Waals surface area (Å²) in [5.41, 5.74) is 0. The summed E-state index contributed by atoms with van der Waals surface area (Å²) in [5, 5.41) is 9.53. The van der Waals surface area contributed by atoms with Crippen LogP contribution in [0, 0.1) is 0 Å². The third-order valence-corrected chi connectivity index (χ3v) is 6.55. The van der Waals surface area contributed by atoms with E-state index in [0.29, 0.717) is 45.5 Å². The molecule has 0 spiro atoms.